The molecule has 0 fully saturated rings. The minimum Gasteiger partial charge on any atom is -0.387 e. The lowest BCUT2D eigenvalue weighted by atomic mass is 10.1. The average Bonchev–Trinajstić information content (AvgIpc) is 2.55. The van der Waals surface area contributed by atoms with E-state index in [4.69, 9.17) is 0 Å². The van der Waals surface area contributed by atoms with Gasteiger partial charge in [-0.25, -0.2) is 17.5 Å². The Bertz CT molecular complexity index is 805. The molecular formula is C17H21FN2O3S. The fourth-order valence-corrected chi connectivity index (χ4v) is 3.29. The third-order valence-electron chi connectivity index (χ3n) is 3.70. The Kier molecular flexibility index (Phi) is 5.58. The summed E-state index contributed by atoms with van der Waals surface area (Å²) < 4.78 is 40.0. The monoisotopic (exact) mass is 352 g/mol. The summed E-state index contributed by atoms with van der Waals surface area (Å²) in [6.07, 6.45) is -0.975. The fourth-order valence-electron chi connectivity index (χ4n) is 2.17. The van der Waals surface area contributed by atoms with Crippen LogP contribution in [0.1, 0.15) is 17.2 Å². The quantitative estimate of drug-likeness (QED) is 0.836. The van der Waals surface area contributed by atoms with E-state index in [0.717, 1.165) is 11.8 Å². The Morgan fingerprint density at radius 2 is 1.79 bits per heavy atom. The van der Waals surface area contributed by atoms with E-state index >= 15 is 0 Å². The number of benzene rings is 2. The molecule has 5 nitrogen and oxygen atoms in total. The van der Waals surface area contributed by atoms with Crippen LogP contribution in [0.5, 0.6) is 0 Å². The zero-order valence-corrected chi connectivity index (χ0v) is 14.6. The molecule has 2 aromatic carbocycles. The van der Waals surface area contributed by atoms with Crippen molar-refractivity contribution in [2.24, 2.45) is 0 Å². The van der Waals surface area contributed by atoms with Gasteiger partial charge < -0.3 is 10.0 Å². The molecule has 0 aliphatic heterocycles. The van der Waals surface area contributed by atoms with Gasteiger partial charge in [-0.3, -0.25) is 0 Å². The van der Waals surface area contributed by atoms with Crippen LogP contribution in [0.15, 0.2) is 47.4 Å². The van der Waals surface area contributed by atoms with Crippen molar-refractivity contribution in [3.63, 3.8) is 0 Å². The van der Waals surface area contributed by atoms with Gasteiger partial charge in [0.2, 0.25) is 10.0 Å². The number of aliphatic hydroxyl groups excluding tert-OH is 1. The molecule has 2 N–H and O–H groups in total. The van der Waals surface area contributed by atoms with E-state index < -0.39 is 21.9 Å². The summed E-state index contributed by atoms with van der Waals surface area (Å²) in [7, 11) is 0.00488. The Hall–Kier alpha value is -1.96. The molecule has 1 unspecified atom stereocenters. The smallest absolute Gasteiger partial charge is 0.240 e. The highest BCUT2D eigenvalue weighted by Gasteiger charge is 2.17. The van der Waals surface area contributed by atoms with Gasteiger partial charge in [0, 0.05) is 26.3 Å². The van der Waals surface area contributed by atoms with Gasteiger partial charge >= 0.3 is 0 Å². The topological polar surface area (TPSA) is 69.6 Å². The molecule has 0 saturated heterocycles. The first kappa shape index (κ1) is 18.4. The standard InChI is InChI=1S/C17H21FN2O3S/c1-12-10-15(8-9-16(12)18)24(22,23)19-11-17(21)13-4-6-14(7-5-13)20(2)3/h4-10,17,19,21H,11H2,1-3H3. The number of halogens is 1. The molecular weight excluding hydrogens is 331 g/mol. The zero-order valence-electron chi connectivity index (χ0n) is 13.8. The highest BCUT2D eigenvalue weighted by Crippen LogP contribution is 2.19. The van der Waals surface area contributed by atoms with Gasteiger partial charge in [-0.1, -0.05) is 12.1 Å². The minimum absolute atomic E-state index is 0.0310. The summed E-state index contributed by atoms with van der Waals surface area (Å²) in [5, 5.41) is 10.2. The first-order valence-electron chi connectivity index (χ1n) is 7.42. The summed E-state index contributed by atoms with van der Waals surface area (Å²) >= 11 is 0. The molecule has 0 spiro atoms. The van der Waals surface area contributed by atoms with Crippen molar-refractivity contribution in [3.8, 4) is 0 Å². The summed E-state index contributed by atoms with van der Waals surface area (Å²) in [5.74, 6) is -0.463. The van der Waals surface area contributed by atoms with Crippen molar-refractivity contribution >= 4 is 15.7 Å². The Balaban J connectivity index is 2.06. The van der Waals surface area contributed by atoms with E-state index in [1.54, 1.807) is 12.1 Å². The molecule has 0 amide bonds. The number of aliphatic hydroxyl groups is 1. The number of aryl methyl sites for hydroxylation is 1. The third kappa shape index (κ3) is 4.31. The molecule has 0 heterocycles. The first-order valence-corrected chi connectivity index (χ1v) is 8.90. The lowest BCUT2D eigenvalue weighted by Crippen LogP contribution is -2.28. The van der Waals surface area contributed by atoms with E-state index in [2.05, 4.69) is 4.72 Å². The van der Waals surface area contributed by atoms with Gasteiger partial charge in [0.25, 0.3) is 0 Å². The second kappa shape index (κ2) is 7.29. The molecule has 7 heteroatoms. The van der Waals surface area contributed by atoms with E-state index in [0.29, 0.717) is 5.56 Å². The van der Waals surface area contributed by atoms with Crippen LogP contribution in [0.3, 0.4) is 0 Å². The molecule has 1 atom stereocenters. The van der Waals surface area contributed by atoms with Gasteiger partial charge in [0.05, 0.1) is 11.0 Å². The molecule has 0 bridgehead atoms. The number of hydrogen-bond acceptors (Lipinski definition) is 4. The number of anilines is 1. The predicted molar refractivity (Wildman–Crippen MR) is 92.1 cm³/mol. The number of nitrogens with one attached hydrogen (secondary N) is 1. The Morgan fingerprint density at radius 3 is 2.33 bits per heavy atom. The van der Waals surface area contributed by atoms with Gasteiger partial charge in [-0.05, 0) is 48.4 Å². The van der Waals surface area contributed by atoms with Crippen LogP contribution in [0.4, 0.5) is 10.1 Å². The number of nitrogens with zero attached hydrogens (tertiary/aromatic N) is 1. The van der Waals surface area contributed by atoms with E-state index in [1.807, 2.05) is 31.1 Å². The summed E-state index contributed by atoms with van der Waals surface area (Å²) in [5.41, 5.74) is 1.84. The normalized spacial score (nSPS) is 12.9. The molecule has 2 aromatic rings. The summed E-state index contributed by atoms with van der Waals surface area (Å²) in [6, 6.07) is 10.7. The molecule has 0 aromatic heterocycles. The maximum absolute atomic E-state index is 13.3. The fraction of sp³-hybridized carbons (Fsp3) is 0.294. The maximum atomic E-state index is 13.3. The SMILES string of the molecule is Cc1cc(S(=O)(=O)NCC(O)c2ccc(N(C)C)cc2)ccc1F. The molecule has 0 radical (unpaired) electrons. The second-order valence-corrected chi connectivity index (χ2v) is 7.53. The van der Waals surface area contributed by atoms with Crippen LogP contribution in [0, 0.1) is 12.7 Å². The molecule has 24 heavy (non-hydrogen) atoms. The van der Waals surface area contributed by atoms with E-state index in [1.165, 1.54) is 19.1 Å². The van der Waals surface area contributed by atoms with Crippen LogP contribution in [0.25, 0.3) is 0 Å². The van der Waals surface area contributed by atoms with Gasteiger partial charge in [-0.15, -0.1) is 0 Å². The highest BCUT2D eigenvalue weighted by atomic mass is 32.2. The van der Waals surface area contributed by atoms with Crippen molar-refractivity contribution in [3.05, 3.63) is 59.4 Å². The van der Waals surface area contributed by atoms with Crippen LogP contribution in [-0.2, 0) is 10.0 Å². The van der Waals surface area contributed by atoms with Crippen LogP contribution in [0.2, 0.25) is 0 Å². The molecule has 0 aliphatic carbocycles. The third-order valence-corrected chi connectivity index (χ3v) is 5.12. The van der Waals surface area contributed by atoms with Gasteiger partial charge in [0.1, 0.15) is 5.82 Å². The average molecular weight is 352 g/mol. The second-order valence-electron chi connectivity index (χ2n) is 5.76. The van der Waals surface area contributed by atoms with E-state index in [-0.39, 0.29) is 17.0 Å². The molecule has 0 aliphatic rings. The first-order chi connectivity index (χ1) is 11.2. The molecule has 130 valence electrons. The van der Waals surface area contributed by atoms with Crippen LogP contribution >= 0.6 is 0 Å². The molecule has 2 rings (SSSR count). The highest BCUT2D eigenvalue weighted by molar-refractivity contribution is 7.89. The molecule has 0 saturated carbocycles. The van der Waals surface area contributed by atoms with Crippen LogP contribution < -0.4 is 9.62 Å². The predicted octanol–water partition coefficient (Wildman–Crippen LogP) is 2.21. The van der Waals surface area contributed by atoms with Crippen molar-refractivity contribution in [1.82, 2.24) is 4.72 Å². The van der Waals surface area contributed by atoms with Crippen molar-refractivity contribution in [1.29, 1.82) is 0 Å². The lowest BCUT2D eigenvalue weighted by molar-refractivity contribution is 0.182. The summed E-state index contributed by atoms with van der Waals surface area (Å²) in [6.45, 7) is 1.33. The van der Waals surface area contributed by atoms with Gasteiger partial charge in [-0.2, -0.15) is 0 Å². The van der Waals surface area contributed by atoms with Crippen LogP contribution in [-0.4, -0.2) is 34.2 Å². The Labute approximate surface area is 141 Å². The van der Waals surface area contributed by atoms with Gasteiger partial charge in [0.15, 0.2) is 0 Å². The minimum atomic E-state index is -3.81. The Morgan fingerprint density at radius 1 is 1.17 bits per heavy atom. The largest absolute Gasteiger partial charge is 0.387 e. The van der Waals surface area contributed by atoms with Crippen molar-refractivity contribution in [2.45, 2.75) is 17.9 Å². The number of rotatable bonds is 6. The van der Waals surface area contributed by atoms with Crippen molar-refractivity contribution in [2.75, 3.05) is 25.5 Å². The van der Waals surface area contributed by atoms with Crippen molar-refractivity contribution < 1.29 is 17.9 Å². The lowest BCUT2D eigenvalue weighted by Gasteiger charge is -2.16. The summed E-state index contributed by atoms with van der Waals surface area (Å²) in [4.78, 5) is 1.90. The maximum Gasteiger partial charge on any atom is 0.240 e. The van der Waals surface area contributed by atoms with E-state index in [9.17, 15) is 17.9 Å². The zero-order chi connectivity index (χ0) is 17.9. The number of sulfonamides is 1. The number of hydrogen-bond donors (Lipinski definition) is 2.